The monoisotopic (exact) mass is 342 g/mol. The summed E-state index contributed by atoms with van der Waals surface area (Å²) in [5.41, 5.74) is 7.14. The van der Waals surface area contributed by atoms with E-state index in [1.54, 1.807) is 26.2 Å². The number of rotatable bonds is 3. The highest BCUT2D eigenvalue weighted by atomic mass is 79.9. The number of hydrogen-bond donors (Lipinski definition) is 1. The van der Waals surface area contributed by atoms with Gasteiger partial charge >= 0.3 is 0 Å². The van der Waals surface area contributed by atoms with Gasteiger partial charge in [0.2, 0.25) is 5.91 Å². The Balaban J connectivity index is 2.47. The van der Waals surface area contributed by atoms with Crippen molar-refractivity contribution in [3.63, 3.8) is 0 Å². The standard InChI is InChI=1S/C14H19BrN2O3/c1-17-13(18)5-4-10(16)14(17)8-6-11(19-2)12(20-3)7-9(8)15/h6-7,10,14H,4-5,16H2,1-3H3. The summed E-state index contributed by atoms with van der Waals surface area (Å²) in [4.78, 5) is 13.6. The van der Waals surface area contributed by atoms with Gasteiger partial charge in [-0.3, -0.25) is 4.79 Å². The fourth-order valence-electron chi connectivity index (χ4n) is 2.60. The van der Waals surface area contributed by atoms with E-state index < -0.39 is 0 Å². The van der Waals surface area contributed by atoms with E-state index in [0.29, 0.717) is 24.3 Å². The van der Waals surface area contributed by atoms with Crippen molar-refractivity contribution in [3.8, 4) is 11.5 Å². The van der Waals surface area contributed by atoms with Crippen LogP contribution in [-0.2, 0) is 4.79 Å². The summed E-state index contributed by atoms with van der Waals surface area (Å²) in [5, 5.41) is 0. The van der Waals surface area contributed by atoms with Crippen LogP contribution in [0.3, 0.4) is 0 Å². The first kappa shape index (κ1) is 15.1. The molecule has 0 aromatic heterocycles. The van der Waals surface area contributed by atoms with Gasteiger partial charge in [0, 0.05) is 24.0 Å². The number of amides is 1. The lowest BCUT2D eigenvalue weighted by atomic mass is 9.91. The van der Waals surface area contributed by atoms with Gasteiger partial charge in [-0.2, -0.15) is 0 Å². The third-order valence-electron chi connectivity index (χ3n) is 3.73. The van der Waals surface area contributed by atoms with E-state index in [2.05, 4.69) is 15.9 Å². The molecule has 20 heavy (non-hydrogen) atoms. The van der Waals surface area contributed by atoms with Crippen LogP contribution < -0.4 is 15.2 Å². The zero-order valence-electron chi connectivity index (χ0n) is 11.9. The van der Waals surface area contributed by atoms with Gasteiger partial charge < -0.3 is 20.1 Å². The minimum absolute atomic E-state index is 0.0906. The fourth-order valence-corrected chi connectivity index (χ4v) is 3.16. The van der Waals surface area contributed by atoms with E-state index in [-0.39, 0.29) is 18.0 Å². The number of nitrogens with zero attached hydrogens (tertiary/aromatic N) is 1. The predicted molar refractivity (Wildman–Crippen MR) is 80.0 cm³/mol. The van der Waals surface area contributed by atoms with Crippen LogP contribution in [0, 0.1) is 0 Å². The summed E-state index contributed by atoms with van der Waals surface area (Å²) in [6.07, 6.45) is 1.19. The van der Waals surface area contributed by atoms with E-state index in [1.165, 1.54) is 0 Å². The second kappa shape index (κ2) is 6.01. The maximum Gasteiger partial charge on any atom is 0.222 e. The Hall–Kier alpha value is -1.27. The molecule has 1 aromatic carbocycles. The molecule has 2 N–H and O–H groups in total. The second-order valence-electron chi connectivity index (χ2n) is 4.88. The van der Waals surface area contributed by atoms with Gasteiger partial charge in [-0.25, -0.2) is 0 Å². The lowest BCUT2D eigenvalue weighted by molar-refractivity contribution is -0.135. The quantitative estimate of drug-likeness (QED) is 0.913. The maximum atomic E-state index is 11.9. The number of carbonyl (C=O) groups is 1. The number of likely N-dealkylation sites (N-methyl/N-ethyl adjacent to an activating group) is 1. The number of benzene rings is 1. The van der Waals surface area contributed by atoms with Crippen molar-refractivity contribution < 1.29 is 14.3 Å². The Morgan fingerprint density at radius 3 is 2.50 bits per heavy atom. The Labute approximate surface area is 127 Å². The molecule has 1 amide bonds. The van der Waals surface area contributed by atoms with Crippen LogP contribution in [0.4, 0.5) is 0 Å². The molecule has 0 radical (unpaired) electrons. The van der Waals surface area contributed by atoms with Crippen LogP contribution in [0.15, 0.2) is 16.6 Å². The van der Waals surface area contributed by atoms with Crippen molar-refractivity contribution in [2.45, 2.75) is 24.9 Å². The van der Waals surface area contributed by atoms with E-state index >= 15 is 0 Å². The molecule has 2 atom stereocenters. The SMILES string of the molecule is COc1cc(Br)c(C2C(N)CCC(=O)N2C)cc1OC. The van der Waals surface area contributed by atoms with E-state index in [4.69, 9.17) is 15.2 Å². The summed E-state index contributed by atoms with van der Waals surface area (Å²) in [6.45, 7) is 0. The number of hydrogen-bond acceptors (Lipinski definition) is 4. The normalized spacial score (nSPS) is 22.9. The van der Waals surface area contributed by atoms with Gasteiger partial charge in [0.1, 0.15) is 0 Å². The third kappa shape index (κ3) is 2.62. The van der Waals surface area contributed by atoms with Crippen molar-refractivity contribution in [3.05, 3.63) is 22.2 Å². The van der Waals surface area contributed by atoms with Gasteiger partial charge in [0.15, 0.2) is 11.5 Å². The molecule has 1 saturated heterocycles. The Morgan fingerprint density at radius 2 is 1.90 bits per heavy atom. The van der Waals surface area contributed by atoms with Gasteiger partial charge in [-0.15, -0.1) is 0 Å². The molecule has 1 aliphatic rings. The van der Waals surface area contributed by atoms with Crippen molar-refractivity contribution in [2.75, 3.05) is 21.3 Å². The first-order valence-electron chi connectivity index (χ1n) is 6.42. The van der Waals surface area contributed by atoms with Gasteiger partial charge in [0.25, 0.3) is 0 Å². The van der Waals surface area contributed by atoms with Gasteiger partial charge in [0.05, 0.1) is 20.3 Å². The Bertz CT molecular complexity index is 521. The Kier molecular flexibility index (Phi) is 4.55. The molecule has 2 unspecified atom stereocenters. The lowest BCUT2D eigenvalue weighted by Gasteiger charge is -2.38. The summed E-state index contributed by atoms with van der Waals surface area (Å²) >= 11 is 3.53. The molecule has 0 bridgehead atoms. The lowest BCUT2D eigenvalue weighted by Crippen LogP contribution is -2.46. The van der Waals surface area contributed by atoms with Crippen LogP contribution in [0.5, 0.6) is 11.5 Å². The number of likely N-dealkylation sites (tertiary alicyclic amines) is 1. The number of nitrogens with two attached hydrogens (primary N) is 1. The van der Waals surface area contributed by atoms with Crippen LogP contribution >= 0.6 is 15.9 Å². The van der Waals surface area contributed by atoms with Crippen molar-refractivity contribution in [2.24, 2.45) is 5.73 Å². The molecule has 0 aliphatic carbocycles. The molecule has 0 saturated carbocycles. The first-order valence-corrected chi connectivity index (χ1v) is 7.21. The molecule has 5 nitrogen and oxygen atoms in total. The average molecular weight is 343 g/mol. The fraction of sp³-hybridized carbons (Fsp3) is 0.500. The molecule has 6 heteroatoms. The molecule has 1 aliphatic heterocycles. The van der Waals surface area contributed by atoms with Crippen molar-refractivity contribution in [1.82, 2.24) is 4.90 Å². The summed E-state index contributed by atoms with van der Waals surface area (Å²) in [6, 6.07) is 3.47. The molecule has 110 valence electrons. The minimum Gasteiger partial charge on any atom is -0.493 e. The summed E-state index contributed by atoms with van der Waals surface area (Å²) in [7, 11) is 4.96. The largest absolute Gasteiger partial charge is 0.493 e. The smallest absolute Gasteiger partial charge is 0.222 e. The third-order valence-corrected chi connectivity index (χ3v) is 4.42. The molecule has 1 heterocycles. The average Bonchev–Trinajstić information content (AvgIpc) is 2.44. The summed E-state index contributed by atoms with van der Waals surface area (Å²) in [5.74, 6) is 1.38. The van der Waals surface area contributed by atoms with Crippen LogP contribution in [0.2, 0.25) is 0 Å². The summed E-state index contributed by atoms with van der Waals surface area (Å²) < 4.78 is 11.5. The molecule has 0 spiro atoms. The first-order chi connectivity index (χ1) is 9.49. The highest BCUT2D eigenvalue weighted by Gasteiger charge is 2.34. The Morgan fingerprint density at radius 1 is 1.30 bits per heavy atom. The molecule has 1 aromatic rings. The minimum atomic E-state index is -0.162. The second-order valence-corrected chi connectivity index (χ2v) is 5.74. The predicted octanol–water partition coefficient (Wildman–Crippen LogP) is 2.09. The molecular formula is C14H19BrN2O3. The zero-order chi connectivity index (χ0) is 14.9. The highest BCUT2D eigenvalue weighted by molar-refractivity contribution is 9.10. The number of methoxy groups -OCH3 is 2. The van der Waals surface area contributed by atoms with Crippen LogP contribution in [-0.4, -0.2) is 38.1 Å². The zero-order valence-corrected chi connectivity index (χ0v) is 13.4. The van der Waals surface area contributed by atoms with Gasteiger partial charge in [-0.05, 0) is 24.1 Å². The number of piperidine rings is 1. The van der Waals surface area contributed by atoms with Crippen molar-refractivity contribution in [1.29, 1.82) is 0 Å². The van der Waals surface area contributed by atoms with Crippen LogP contribution in [0.1, 0.15) is 24.4 Å². The molecule has 1 fully saturated rings. The van der Waals surface area contributed by atoms with E-state index in [1.807, 2.05) is 12.1 Å². The number of ether oxygens (including phenoxy) is 2. The van der Waals surface area contributed by atoms with E-state index in [0.717, 1.165) is 10.0 Å². The highest BCUT2D eigenvalue weighted by Crippen LogP contribution is 2.40. The topological polar surface area (TPSA) is 64.8 Å². The number of carbonyl (C=O) groups excluding carboxylic acids is 1. The molecule has 2 rings (SSSR count). The van der Waals surface area contributed by atoms with Crippen molar-refractivity contribution >= 4 is 21.8 Å². The molecular weight excluding hydrogens is 324 g/mol. The van der Waals surface area contributed by atoms with Crippen LogP contribution in [0.25, 0.3) is 0 Å². The number of halogens is 1. The van der Waals surface area contributed by atoms with Gasteiger partial charge in [-0.1, -0.05) is 15.9 Å². The maximum absolute atomic E-state index is 11.9. The van der Waals surface area contributed by atoms with E-state index in [9.17, 15) is 4.79 Å².